The highest BCUT2D eigenvalue weighted by Crippen LogP contribution is 2.14. The molecule has 2 heterocycles. The smallest absolute Gasteiger partial charge is 0.0645 e. The molecular formula is C18H26N4O. The first-order chi connectivity index (χ1) is 11.3. The molecule has 124 valence electrons. The molecule has 1 N–H and O–H groups in total. The Kier molecular flexibility index (Phi) is 5.43. The van der Waals surface area contributed by atoms with Crippen LogP contribution in [0.25, 0.3) is 5.69 Å². The van der Waals surface area contributed by atoms with Gasteiger partial charge in [-0.2, -0.15) is 5.10 Å². The highest BCUT2D eigenvalue weighted by atomic mass is 16.3. The van der Waals surface area contributed by atoms with Crippen molar-refractivity contribution in [3.8, 4) is 5.69 Å². The molecule has 1 aliphatic heterocycles. The lowest BCUT2D eigenvalue weighted by Gasteiger charge is -2.38. The minimum Gasteiger partial charge on any atom is -0.395 e. The van der Waals surface area contributed by atoms with E-state index in [0.717, 1.165) is 44.8 Å². The molecule has 0 aliphatic carbocycles. The number of benzene rings is 1. The van der Waals surface area contributed by atoms with Crippen LogP contribution in [-0.4, -0.2) is 63.5 Å². The normalized spacial score (nSPS) is 18.2. The molecule has 23 heavy (non-hydrogen) atoms. The lowest BCUT2D eigenvalue weighted by molar-refractivity contribution is 0.0608. The number of aliphatic hydroxyl groups excluding tert-OH is 1. The van der Waals surface area contributed by atoms with Gasteiger partial charge in [-0.05, 0) is 30.2 Å². The van der Waals surface area contributed by atoms with Crippen LogP contribution in [0.2, 0.25) is 0 Å². The number of aliphatic hydroxyl groups is 1. The molecule has 0 spiro atoms. The highest BCUT2D eigenvalue weighted by Gasteiger charge is 2.22. The molecule has 0 saturated carbocycles. The number of nitrogens with zero attached hydrogens (tertiary/aromatic N) is 4. The van der Waals surface area contributed by atoms with E-state index in [1.54, 1.807) is 6.20 Å². The van der Waals surface area contributed by atoms with Gasteiger partial charge >= 0.3 is 0 Å². The van der Waals surface area contributed by atoms with Gasteiger partial charge in [0.2, 0.25) is 0 Å². The Morgan fingerprint density at radius 2 is 1.87 bits per heavy atom. The first-order valence-electron chi connectivity index (χ1n) is 8.46. The van der Waals surface area contributed by atoms with E-state index in [9.17, 15) is 5.11 Å². The van der Waals surface area contributed by atoms with Crippen LogP contribution in [0.1, 0.15) is 18.9 Å². The van der Waals surface area contributed by atoms with Crippen LogP contribution < -0.4 is 0 Å². The van der Waals surface area contributed by atoms with Crippen molar-refractivity contribution in [2.24, 2.45) is 0 Å². The van der Waals surface area contributed by atoms with Gasteiger partial charge < -0.3 is 5.11 Å². The van der Waals surface area contributed by atoms with Crippen molar-refractivity contribution in [2.45, 2.75) is 25.9 Å². The van der Waals surface area contributed by atoms with E-state index < -0.39 is 0 Å². The summed E-state index contributed by atoms with van der Waals surface area (Å²) in [5.41, 5.74) is 2.43. The SMILES string of the molecule is CCC(CO)N1CCN(Cc2ccc(-n3cccn3)cc2)CC1. The fourth-order valence-electron chi connectivity index (χ4n) is 3.22. The van der Waals surface area contributed by atoms with E-state index in [1.807, 2.05) is 16.9 Å². The van der Waals surface area contributed by atoms with Crippen molar-refractivity contribution in [1.82, 2.24) is 19.6 Å². The Morgan fingerprint density at radius 1 is 1.13 bits per heavy atom. The van der Waals surface area contributed by atoms with Crippen LogP contribution >= 0.6 is 0 Å². The Labute approximate surface area is 138 Å². The lowest BCUT2D eigenvalue weighted by Crippen LogP contribution is -2.50. The van der Waals surface area contributed by atoms with Crippen LogP contribution in [0.3, 0.4) is 0 Å². The number of piperazine rings is 1. The standard InChI is InChI=1S/C18H26N4O/c1-2-17(15-23)21-12-10-20(11-13-21)14-16-4-6-18(7-5-16)22-9-3-8-19-22/h3-9,17,23H,2,10-15H2,1H3. The summed E-state index contributed by atoms with van der Waals surface area (Å²) in [5.74, 6) is 0. The van der Waals surface area contributed by atoms with Crippen molar-refractivity contribution in [2.75, 3.05) is 32.8 Å². The second-order valence-electron chi connectivity index (χ2n) is 6.17. The van der Waals surface area contributed by atoms with Gasteiger partial charge in [-0.25, -0.2) is 4.68 Å². The molecule has 1 saturated heterocycles. The summed E-state index contributed by atoms with van der Waals surface area (Å²) in [4.78, 5) is 4.90. The summed E-state index contributed by atoms with van der Waals surface area (Å²) >= 11 is 0. The average Bonchev–Trinajstić information content (AvgIpc) is 3.13. The Balaban J connectivity index is 1.53. The third-order valence-electron chi connectivity index (χ3n) is 4.72. The molecule has 0 radical (unpaired) electrons. The second kappa shape index (κ2) is 7.73. The van der Waals surface area contributed by atoms with E-state index in [0.29, 0.717) is 6.04 Å². The van der Waals surface area contributed by atoms with Gasteiger partial charge in [0.25, 0.3) is 0 Å². The summed E-state index contributed by atoms with van der Waals surface area (Å²) in [5, 5.41) is 13.7. The van der Waals surface area contributed by atoms with Crippen LogP contribution in [0, 0.1) is 0 Å². The molecule has 3 rings (SSSR count). The van der Waals surface area contributed by atoms with Crippen LogP contribution in [0.4, 0.5) is 0 Å². The maximum atomic E-state index is 9.42. The molecule has 1 aromatic heterocycles. The third-order valence-corrected chi connectivity index (χ3v) is 4.72. The van der Waals surface area contributed by atoms with Crippen molar-refractivity contribution in [3.63, 3.8) is 0 Å². The summed E-state index contributed by atoms with van der Waals surface area (Å²) in [6.45, 7) is 7.63. The number of hydrogen-bond donors (Lipinski definition) is 1. The maximum absolute atomic E-state index is 9.42. The molecular weight excluding hydrogens is 288 g/mol. The van der Waals surface area contributed by atoms with Crippen molar-refractivity contribution >= 4 is 0 Å². The van der Waals surface area contributed by atoms with Crippen molar-refractivity contribution in [1.29, 1.82) is 0 Å². The molecule has 1 atom stereocenters. The van der Waals surface area contributed by atoms with E-state index >= 15 is 0 Å². The molecule has 0 bridgehead atoms. The zero-order valence-electron chi connectivity index (χ0n) is 13.8. The van der Waals surface area contributed by atoms with Crippen LogP contribution in [0.15, 0.2) is 42.7 Å². The summed E-state index contributed by atoms with van der Waals surface area (Å²) in [7, 11) is 0. The quantitative estimate of drug-likeness (QED) is 0.882. The minimum absolute atomic E-state index is 0.269. The van der Waals surface area contributed by atoms with Gasteiger partial charge in [-0.3, -0.25) is 9.80 Å². The predicted octanol–water partition coefficient (Wildman–Crippen LogP) is 1.76. The van der Waals surface area contributed by atoms with Crippen LogP contribution in [0.5, 0.6) is 0 Å². The largest absolute Gasteiger partial charge is 0.395 e. The summed E-state index contributed by atoms with van der Waals surface area (Å²) in [6, 6.07) is 10.9. The Hall–Kier alpha value is -1.69. The zero-order chi connectivity index (χ0) is 16.1. The Bertz CT molecular complexity index is 570. The van der Waals surface area contributed by atoms with E-state index in [2.05, 4.69) is 46.1 Å². The fraction of sp³-hybridized carbons (Fsp3) is 0.500. The zero-order valence-corrected chi connectivity index (χ0v) is 13.8. The van der Waals surface area contributed by atoms with Gasteiger partial charge in [0.05, 0.1) is 12.3 Å². The molecule has 1 aromatic carbocycles. The van der Waals surface area contributed by atoms with E-state index in [4.69, 9.17) is 0 Å². The average molecular weight is 314 g/mol. The molecule has 1 aliphatic rings. The lowest BCUT2D eigenvalue weighted by atomic mass is 10.1. The van der Waals surface area contributed by atoms with Gasteiger partial charge in [-0.1, -0.05) is 19.1 Å². The first kappa shape index (κ1) is 16.2. The van der Waals surface area contributed by atoms with Gasteiger partial charge in [-0.15, -0.1) is 0 Å². The molecule has 2 aromatic rings. The number of aromatic nitrogens is 2. The van der Waals surface area contributed by atoms with E-state index in [-0.39, 0.29) is 6.61 Å². The van der Waals surface area contributed by atoms with Crippen molar-refractivity contribution < 1.29 is 5.11 Å². The highest BCUT2D eigenvalue weighted by molar-refractivity contribution is 5.33. The first-order valence-corrected chi connectivity index (χ1v) is 8.46. The van der Waals surface area contributed by atoms with Gasteiger partial charge in [0.1, 0.15) is 0 Å². The van der Waals surface area contributed by atoms with Crippen molar-refractivity contribution in [3.05, 3.63) is 48.3 Å². The topological polar surface area (TPSA) is 44.5 Å². The van der Waals surface area contributed by atoms with E-state index in [1.165, 1.54) is 5.56 Å². The third kappa shape index (κ3) is 3.99. The molecule has 1 unspecified atom stereocenters. The maximum Gasteiger partial charge on any atom is 0.0645 e. The summed E-state index contributed by atoms with van der Waals surface area (Å²) in [6.07, 6.45) is 4.77. The molecule has 1 fully saturated rings. The number of rotatable bonds is 6. The minimum atomic E-state index is 0.269. The second-order valence-corrected chi connectivity index (χ2v) is 6.17. The van der Waals surface area contributed by atoms with Gasteiger partial charge in [0, 0.05) is 51.2 Å². The van der Waals surface area contributed by atoms with Crippen LogP contribution in [-0.2, 0) is 6.54 Å². The van der Waals surface area contributed by atoms with Gasteiger partial charge in [0.15, 0.2) is 0 Å². The molecule has 5 nitrogen and oxygen atoms in total. The molecule has 5 heteroatoms. The summed E-state index contributed by atoms with van der Waals surface area (Å²) < 4.78 is 1.88. The Morgan fingerprint density at radius 3 is 2.43 bits per heavy atom. The number of hydrogen-bond acceptors (Lipinski definition) is 4. The fourth-order valence-corrected chi connectivity index (χ4v) is 3.22. The molecule has 0 amide bonds. The monoisotopic (exact) mass is 314 g/mol. The predicted molar refractivity (Wildman–Crippen MR) is 91.6 cm³/mol.